The molecule has 0 fully saturated rings. The van der Waals surface area contributed by atoms with E-state index in [1.165, 1.54) is 23.9 Å². The van der Waals surface area contributed by atoms with Crippen LogP contribution < -0.4 is 10.1 Å². The number of hydrogen-bond donors (Lipinski definition) is 1. The summed E-state index contributed by atoms with van der Waals surface area (Å²) in [5, 5.41) is 23.5. The van der Waals surface area contributed by atoms with Crippen LogP contribution in [-0.4, -0.2) is 25.9 Å². The normalized spacial score (nSPS) is 14.2. The zero-order valence-corrected chi connectivity index (χ0v) is 18.9. The Labute approximate surface area is 199 Å². The minimum atomic E-state index is -0.677. The predicted octanol–water partition coefficient (Wildman–Crippen LogP) is 5.80. The lowest BCUT2D eigenvalue weighted by Crippen LogP contribution is -2.16. The topological polar surface area (TPSA) is 116 Å². The highest BCUT2D eigenvalue weighted by Gasteiger charge is 2.28. The monoisotopic (exact) mass is 473 g/mol. The molecule has 1 aliphatic rings. The number of rotatable bonds is 6. The van der Waals surface area contributed by atoms with Crippen molar-refractivity contribution >= 4 is 23.1 Å². The van der Waals surface area contributed by atoms with Crippen molar-refractivity contribution in [3.8, 4) is 28.5 Å². The third-order valence-electron chi connectivity index (χ3n) is 5.24. The number of benzene rings is 2. The summed E-state index contributed by atoms with van der Waals surface area (Å²) in [6.07, 6.45) is 1.09. The molecule has 2 aromatic carbocycles. The number of aryl methyl sites for hydroxylation is 1. The Bertz CT molecular complexity index is 1400. The number of non-ortho nitro benzene ring substituents is 1. The lowest BCUT2D eigenvalue weighted by atomic mass is 10.1. The van der Waals surface area contributed by atoms with Gasteiger partial charge in [0.05, 0.1) is 4.92 Å². The van der Waals surface area contributed by atoms with Crippen LogP contribution in [0.1, 0.15) is 17.6 Å². The van der Waals surface area contributed by atoms with E-state index >= 15 is 0 Å². The Morgan fingerprint density at radius 2 is 2.03 bits per heavy atom. The zero-order valence-electron chi connectivity index (χ0n) is 18.1. The highest BCUT2D eigenvalue weighted by atomic mass is 32.2. The van der Waals surface area contributed by atoms with E-state index in [1.54, 1.807) is 12.1 Å². The van der Waals surface area contributed by atoms with Gasteiger partial charge in [-0.15, -0.1) is 16.8 Å². The Morgan fingerprint density at radius 3 is 2.82 bits per heavy atom. The zero-order chi connectivity index (χ0) is 23.7. The van der Waals surface area contributed by atoms with Crippen LogP contribution in [0.3, 0.4) is 0 Å². The van der Waals surface area contributed by atoms with Gasteiger partial charge in [-0.1, -0.05) is 36.0 Å². The summed E-state index contributed by atoms with van der Waals surface area (Å²) in [5.41, 5.74) is 3.69. The molecule has 1 N–H and O–H groups in total. The number of fused-ring (bicyclic) bond motifs is 3. The SMILES string of the molecule is C=CCSc1nnc2c(n1)O[C@H](c1ccc(-c3ccc([N+](=O)[O-])cc3C)o1)Nc1ccccc1-2. The number of anilines is 1. The van der Waals surface area contributed by atoms with Crippen molar-refractivity contribution in [1.82, 2.24) is 15.2 Å². The maximum Gasteiger partial charge on any atom is 0.269 e. The molecule has 4 aromatic rings. The Kier molecular flexibility index (Phi) is 5.72. The van der Waals surface area contributed by atoms with Gasteiger partial charge in [-0.05, 0) is 36.8 Å². The van der Waals surface area contributed by atoms with Gasteiger partial charge < -0.3 is 14.5 Å². The van der Waals surface area contributed by atoms with Crippen LogP contribution in [0.4, 0.5) is 11.4 Å². The van der Waals surface area contributed by atoms with Gasteiger partial charge in [0, 0.05) is 34.7 Å². The Balaban J connectivity index is 1.51. The van der Waals surface area contributed by atoms with Crippen LogP contribution in [0, 0.1) is 17.0 Å². The van der Waals surface area contributed by atoms with E-state index in [0.29, 0.717) is 34.0 Å². The number of nitrogens with one attached hydrogen (secondary N) is 1. The van der Waals surface area contributed by atoms with Crippen LogP contribution >= 0.6 is 11.8 Å². The standard InChI is InChI=1S/C24H19N5O4S/c1-3-12-34-24-26-23-21(27-28-24)17-6-4-5-7-18(17)25-22(33-23)20-11-10-19(32-20)16-9-8-15(29(30)31)13-14(16)2/h3-11,13,22,25H,1,12H2,2H3/t22-/m1/s1. The molecule has 9 nitrogen and oxygen atoms in total. The van der Waals surface area contributed by atoms with E-state index in [4.69, 9.17) is 9.15 Å². The van der Waals surface area contributed by atoms with Crippen LogP contribution in [-0.2, 0) is 0 Å². The maximum atomic E-state index is 11.1. The highest BCUT2D eigenvalue weighted by molar-refractivity contribution is 7.99. The van der Waals surface area contributed by atoms with Crippen LogP contribution in [0.5, 0.6) is 5.88 Å². The molecule has 0 bridgehead atoms. The molecule has 0 aliphatic carbocycles. The molecular formula is C24H19N5O4S. The van der Waals surface area contributed by atoms with Gasteiger partial charge in [0.2, 0.25) is 17.3 Å². The molecule has 0 radical (unpaired) electrons. The second-order valence-corrected chi connectivity index (χ2v) is 8.48. The molecule has 5 rings (SSSR count). The maximum absolute atomic E-state index is 11.1. The number of ether oxygens (including phenoxy) is 1. The molecule has 0 saturated heterocycles. The number of nitro groups is 1. The molecule has 0 saturated carbocycles. The quantitative estimate of drug-likeness (QED) is 0.160. The lowest BCUT2D eigenvalue weighted by molar-refractivity contribution is -0.384. The van der Waals surface area contributed by atoms with Crippen molar-refractivity contribution in [3.63, 3.8) is 0 Å². The number of nitro benzene ring substituents is 1. The van der Waals surface area contributed by atoms with Crippen molar-refractivity contribution in [2.45, 2.75) is 18.3 Å². The fourth-order valence-electron chi connectivity index (χ4n) is 3.65. The van der Waals surface area contributed by atoms with E-state index in [0.717, 1.165) is 22.4 Å². The van der Waals surface area contributed by atoms with E-state index in [2.05, 4.69) is 27.1 Å². The number of thioether (sulfide) groups is 1. The first-order chi connectivity index (χ1) is 16.5. The Hall–Kier alpha value is -4.18. The number of hydrogen-bond acceptors (Lipinski definition) is 9. The van der Waals surface area contributed by atoms with E-state index in [9.17, 15) is 10.1 Å². The summed E-state index contributed by atoms with van der Waals surface area (Å²) in [7, 11) is 0. The second-order valence-electron chi connectivity index (χ2n) is 7.49. The molecule has 2 aromatic heterocycles. The van der Waals surface area contributed by atoms with Crippen molar-refractivity contribution in [3.05, 3.63) is 88.7 Å². The average molecular weight is 474 g/mol. The van der Waals surface area contributed by atoms with Gasteiger partial charge in [-0.25, -0.2) is 0 Å². The largest absolute Gasteiger partial charge is 0.455 e. The minimum Gasteiger partial charge on any atom is -0.455 e. The molecule has 170 valence electrons. The van der Waals surface area contributed by atoms with Crippen LogP contribution in [0.15, 0.2) is 76.8 Å². The summed E-state index contributed by atoms with van der Waals surface area (Å²) in [4.78, 5) is 15.2. The molecule has 0 amide bonds. The summed E-state index contributed by atoms with van der Waals surface area (Å²) < 4.78 is 12.4. The minimum absolute atomic E-state index is 0.0346. The van der Waals surface area contributed by atoms with Crippen molar-refractivity contribution in [1.29, 1.82) is 0 Å². The van der Waals surface area contributed by atoms with Crippen molar-refractivity contribution < 1.29 is 14.1 Å². The third kappa shape index (κ3) is 4.11. The number of furan rings is 1. The number of para-hydroxylation sites is 1. The number of aromatic nitrogens is 3. The molecule has 10 heteroatoms. The second kappa shape index (κ2) is 8.99. The number of nitrogens with zero attached hydrogens (tertiary/aromatic N) is 4. The molecular weight excluding hydrogens is 454 g/mol. The summed E-state index contributed by atoms with van der Waals surface area (Å²) in [6, 6.07) is 16.0. The average Bonchev–Trinajstić information content (AvgIpc) is 3.26. The van der Waals surface area contributed by atoms with E-state index in [1.807, 2.05) is 43.3 Å². The fourth-order valence-corrected chi connectivity index (χ4v) is 4.16. The summed E-state index contributed by atoms with van der Waals surface area (Å²) in [5.74, 6) is 2.09. The molecule has 0 spiro atoms. The van der Waals surface area contributed by atoms with Gasteiger partial charge in [0.15, 0.2) is 11.5 Å². The van der Waals surface area contributed by atoms with Gasteiger partial charge in [-0.2, -0.15) is 4.98 Å². The fraction of sp³-hybridized carbons (Fsp3) is 0.125. The van der Waals surface area contributed by atoms with Gasteiger partial charge in [0.1, 0.15) is 5.76 Å². The van der Waals surface area contributed by atoms with Crippen molar-refractivity contribution in [2.24, 2.45) is 0 Å². The van der Waals surface area contributed by atoms with Crippen LogP contribution in [0.25, 0.3) is 22.6 Å². The predicted molar refractivity (Wildman–Crippen MR) is 129 cm³/mol. The third-order valence-corrected chi connectivity index (χ3v) is 6.07. The van der Waals surface area contributed by atoms with Crippen molar-refractivity contribution in [2.75, 3.05) is 11.1 Å². The highest BCUT2D eigenvalue weighted by Crippen LogP contribution is 2.40. The summed E-state index contributed by atoms with van der Waals surface area (Å²) in [6.45, 7) is 5.53. The lowest BCUT2D eigenvalue weighted by Gasteiger charge is -2.16. The smallest absolute Gasteiger partial charge is 0.269 e. The van der Waals surface area contributed by atoms with E-state index in [-0.39, 0.29) is 5.69 Å². The molecule has 1 atom stereocenters. The molecule has 1 aliphatic heterocycles. The van der Waals surface area contributed by atoms with Gasteiger partial charge in [-0.3, -0.25) is 10.1 Å². The summed E-state index contributed by atoms with van der Waals surface area (Å²) >= 11 is 1.41. The molecule has 34 heavy (non-hydrogen) atoms. The van der Waals surface area contributed by atoms with E-state index < -0.39 is 11.2 Å². The molecule has 3 heterocycles. The van der Waals surface area contributed by atoms with Gasteiger partial charge in [0.25, 0.3) is 5.69 Å². The van der Waals surface area contributed by atoms with Crippen LogP contribution in [0.2, 0.25) is 0 Å². The first-order valence-electron chi connectivity index (χ1n) is 10.4. The first kappa shape index (κ1) is 21.7. The molecule has 0 unspecified atom stereocenters. The Morgan fingerprint density at radius 1 is 1.18 bits per heavy atom. The first-order valence-corrected chi connectivity index (χ1v) is 11.4. The van der Waals surface area contributed by atoms with Gasteiger partial charge >= 0.3 is 0 Å².